The number of amides is 2. The number of hydrazine groups is 1. The standard InChI is InChI=1S/C19H20ClFN2O4/c1-3-26-13-7-9-14(10-8-13)27-12(2)19(25)23-22-18(24)11-15-16(20)5-4-6-17(15)21/h4-10,12H,3,11H2,1-2H3,(H,22,24)(H,23,25)/t12-/m1/s1. The second-order valence-electron chi connectivity index (χ2n) is 5.58. The lowest BCUT2D eigenvalue weighted by Gasteiger charge is -2.15. The molecule has 144 valence electrons. The van der Waals surface area contributed by atoms with E-state index in [2.05, 4.69) is 10.9 Å². The van der Waals surface area contributed by atoms with Crippen LogP contribution in [0.3, 0.4) is 0 Å². The van der Waals surface area contributed by atoms with Crippen molar-refractivity contribution < 1.29 is 23.5 Å². The van der Waals surface area contributed by atoms with E-state index in [0.717, 1.165) is 0 Å². The number of hydrogen-bond acceptors (Lipinski definition) is 4. The van der Waals surface area contributed by atoms with Crippen LogP contribution in [0.1, 0.15) is 19.4 Å². The molecule has 2 amide bonds. The van der Waals surface area contributed by atoms with Crippen LogP contribution in [-0.2, 0) is 16.0 Å². The van der Waals surface area contributed by atoms with Crippen LogP contribution in [0.4, 0.5) is 4.39 Å². The SMILES string of the molecule is CCOc1ccc(O[C@H](C)C(=O)NNC(=O)Cc2c(F)cccc2Cl)cc1. The van der Waals surface area contributed by atoms with Gasteiger partial charge in [-0.05, 0) is 50.2 Å². The minimum atomic E-state index is -0.861. The lowest BCUT2D eigenvalue weighted by molar-refractivity contribution is -0.132. The van der Waals surface area contributed by atoms with Crippen LogP contribution in [0.5, 0.6) is 11.5 Å². The molecule has 0 aromatic heterocycles. The van der Waals surface area contributed by atoms with Crippen molar-refractivity contribution in [3.63, 3.8) is 0 Å². The zero-order chi connectivity index (χ0) is 19.8. The number of nitrogens with one attached hydrogen (secondary N) is 2. The second-order valence-corrected chi connectivity index (χ2v) is 5.99. The lowest BCUT2D eigenvalue weighted by atomic mass is 10.1. The summed E-state index contributed by atoms with van der Waals surface area (Å²) >= 11 is 5.87. The van der Waals surface area contributed by atoms with E-state index in [-0.39, 0.29) is 17.0 Å². The van der Waals surface area contributed by atoms with Crippen LogP contribution in [0.25, 0.3) is 0 Å². The maximum Gasteiger partial charge on any atom is 0.279 e. The van der Waals surface area contributed by atoms with E-state index < -0.39 is 23.7 Å². The summed E-state index contributed by atoms with van der Waals surface area (Å²) < 4.78 is 24.5. The van der Waals surface area contributed by atoms with Crippen molar-refractivity contribution in [3.05, 3.63) is 58.9 Å². The van der Waals surface area contributed by atoms with Crippen molar-refractivity contribution in [3.8, 4) is 11.5 Å². The van der Waals surface area contributed by atoms with Gasteiger partial charge in [-0.15, -0.1) is 0 Å². The van der Waals surface area contributed by atoms with Crippen molar-refractivity contribution >= 4 is 23.4 Å². The molecule has 0 unspecified atom stereocenters. The fraction of sp³-hybridized carbons (Fsp3) is 0.263. The zero-order valence-electron chi connectivity index (χ0n) is 14.9. The summed E-state index contributed by atoms with van der Waals surface area (Å²) in [5.74, 6) is -0.580. The van der Waals surface area contributed by atoms with Gasteiger partial charge in [-0.1, -0.05) is 17.7 Å². The van der Waals surface area contributed by atoms with Crippen molar-refractivity contribution in [2.75, 3.05) is 6.61 Å². The molecule has 0 saturated heterocycles. The number of carbonyl (C=O) groups is 2. The highest BCUT2D eigenvalue weighted by atomic mass is 35.5. The van der Waals surface area contributed by atoms with Crippen LogP contribution >= 0.6 is 11.6 Å². The molecule has 0 bridgehead atoms. The van der Waals surface area contributed by atoms with E-state index in [0.29, 0.717) is 18.1 Å². The van der Waals surface area contributed by atoms with E-state index >= 15 is 0 Å². The predicted molar refractivity (Wildman–Crippen MR) is 99.1 cm³/mol. The van der Waals surface area contributed by atoms with Gasteiger partial charge in [-0.25, -0.2) is 4.39 Å². The summed E-state index contributed by atoms with van der Waals surface area (Å²) in [5, 5.41) is 0.142. The van der Waals surface area contributed by atoms with Crippen LogP contribution in [0.15, 0.2) is 42.5 Å². The Bertz CT molecular complexity index is 779. The third-order valence-corrected chi connectivity index (χ3v) is 3.90. The topological polar surface area (TPSA) is 76.7 Å². The molecule has 2 rings (SSSR count). The molecule has 0 radical (unpaired) electrons. The number of hydrogen-bond donors (Lipinski definition) is 2. The average molecular weight is 395 g/mol. The smallest absolute Gasteiger partial charge is 0.279 e. The Morgan fingerprint density at radius 2 is 1.78 bits per heavy atom. The molecular weight excluding hydrogens is 375 g/mol. The normalized spacial score (nSPS) is 11.4. The van der Waals surface area contributed by atoms with Gasteiger partial charge in [0.25, 0.3) is 5.91 Å². The van der Waals surface area contributed by atoms with Crippen molar-refractivity contribution in [2.24, 2.45) is 0 Å². The Balaban J connectivity index is 1.82. The fourth-order valence-corrected chi connectivity index (χ4v) is 2.41. The maximum atomic E-state index is 13.7. The molecule has 8 heteroatoms. The predicted octanol–water partition coefficient (Wildman–Crippen LogP) is 3.04. The molecule has 0 spiro atoms. The third kappa shape index (κ3) is 6.14. The highest BCUT2D eigenvalue weighted by Crippen LogP contribution is 2.20. The summed E-state index contributed by atoms with van der Waals surface area (Å²) in [5.41, 5.74) is 4.51. The summed E-state index contributed by atoms with van der Waals surface area (Å²) in [6.45, 7) is 3.97. The van der Waals surface area contributed by atoms with Gasteiger partial charge in [0, 0.05) is 10.6 Å². The van der Waals surface area contributed by atoms with Gasteiger partial charge in [0.15, 0.2) is 6.10 Å². The third-order valence-electron chi connectivity index (χ3n) is 3.54. The molecule has 0 aliphatic carbocycles. The average Bonchev–Trinajstić information content (AvgIpc) is 2.64. The molecule has 0 fully saturated rings. The summed E-state index contributed by atoms with van der Waals surface area (Å²) in [4.78, 5) is 23.9. The molecule has 2 aromatic rings. The molecule has 2 aromatic carbocycles. The first-order valence-electron chi connectivity index (χ1n) is 8.31. The fourth-order valence-electron chi connectivity index (χ4n) is 2.18. The molecule has 0 saturated carbocycles. The van der Waals surface area contributed by atoms with Crippen LogP contribution < -0.4 is 20.3 Å². The van der Waals surface area contributed by atoms with Gasteiger partial charge in [0.2, 0.25) is 5.91 Å². The Hall–Kier alpha value is -2.80. The van der Waals surface area contributed by atoms with Gasteiger partial charge in [-0.3, -0.25) is 20.4 Å². The molecular formula is C19H20ClFN2O4. The number of ether oxygens (including phenoxy) is 2. The number of halogens is 2. The van der Waals surface area contributed by atoms with Gasteiger partial charge in [0.05, 0.1) is 13.0 Å². The van der Waals surface area contributed by atoms with Crippen molar-refractivity contribution in [1.29, 1.82) is 0 Å². The van der Waals surface area contributed by atoms with E-state index in [1.165, 1.54) is 25.1 Å². The first-order valence-corrected chi connectivity index (χ1v) is 8.69. The Labute approximate surface area is 161 Å². The highest BCUT2D eigenvalue weighted by molar-refractivity contribution is 6.31. The van der Waals surface area contributed by atoms with E-state index in [9.17, 15) is 14.0 Å². The number of benzene rings is 2. The number of carbonyl (C=O) groups excluding carboxylic acids is 2. The Morgan fingerprint density at radius 3 is 2.41 bits per heavy atom. The lowest BCUT2D eigenvalue weighted by Crippen LogP contribution is -2.47. The molecule has 6 nitrogen and oxygen atoms in total. The quantitative estimate of drug-likeness (QED) is 0.708. The monoisotopic (exact) mass is 394 g/mol. The van der Waals surface area contributed by atoms with E-state index in [1.807, 2.05) is 6.92 Å². The van der Waals surface area contributed by atoms with Gasteiger partial charge in [0.1, 0.15) is 17.3 Å². The van der Waals surface area contributed by atoms with Crippen LogP contribution in [0.2, 0.25) is 5.02 Å². The molecule has 2 N–H and O–H groups in total. The molecule has 0 heterocycles. The maximum absolute atomic E-state index is 13.7. The number of rotatable bonds is 7. The van der Waals surface area contributed by atoms with Gasteiger partial charge in [-0.2, -0.15) is 0 Å². The molecule has 1 atom stereocenters. The highest BCUT2D eigenvalue weighted by Gasteiger charge is 2.17. The zero-order valence-corrected chi connectivity index (χ0v) is 15.7. The van der Waals surface area contributed by atoms with Gasteiger partial charge >= 0.3 is 0 Å². The molecule has 27 heavy (non-hydrogen) atoms. The Kier molecular flexibility index (Phi) is 7.43. The minimum Gasteiger partial charge on any atom is -0.494 e. The first kappa shape index (κ1) is 20.5. The second kappa shape index (κ2) is 9.78. The van der Waals surface area contributed by atoms with Crippen molar-refractivity contribution in [2.45, 2.75) is 26.4 Å². The van der Waals surface area contributed by atoms with Crippen molar-refractivity contribution in [1.82, 2.24) is 10.9 Å². The summed E-state index contributed by atoms with van der Waals surface area (Å²) in [6, 6.07) is 10.9. The summed E-state index contributed by atoms with van der Waals surface area (Å²) in [7, 11) is 0. The van der Waals surface area contributed by atoms with E-state index in [4.69, 9.17) is 21.1 Å². The first-order chi connectivity index (χ1) is 12.9. The molecule has 0 aliphatic rings. The Morgan fingerprint density at radius 1 is 1.11 bits per heavy atom. The molecule has 0 aliphatic heterocycles. The van der Waals surface area contributed by atoms with Crippen LogP contribution in [-0.4, -0.2) is 24.5 Å². The van der Waals surface area contributed by atoms with E-state index in [1.54, 1.807) is 24.3 Å². The van der Waals surface area contributed by atoms with Gasteiger partial charge < -0.3 is 9.47 Å². The van der Waals surface area contributed by atoms with Crippen LogP contribution in [0, 0.1) is 5.82 Å². The minimum absolute atomic E-state index is 0.0598. The largest absolute Gasteiger partial charge is 0.494 e. The summed E-state index contributed by atoms with van der Waals surface area (Å²) in [6.07, 6.45) is -1.17.